The third kappa shape index (κ3) is 2.54. The number of aromatic amines is 1. The van der Waals surface area contributed by atoms with Crippen LogP contribution in [0.2, 0.25) is 0 Å². The van der Waals surface area contributed by atoms with Crippen molar-refractivity contribution < 1.29 is 5.11 Å². The second-order valence-electron chi connectivity index (χ2n) is 3.54. The molecular formula is C12H12N4OS. The first-order chi connectivity index (χ1) is 8.72. The van der Waals surface area contributed by atoms with Crippen molar-refractivity contribution >= 4 is 34.1 Å². The maximum Gasteiger partial charge on any atom is 0.214 e. The van der Waals surface area contributed by atoms with Gasteiger partial charge in [0.1, 0.15) is 0 Å². The zero-order valence-corrected chi connectivity index (χ0v) is 10.4. The van der Waals surface area contributed by atoms with E-state index in [1.807, 2.05) is 18.2 Å². The van der Waals surface area contributed by atoms with Gasteiger partial charge in [-0.15, -0.1) is 16.8 Å². The number of aromatic hydroxyl groups is 1. The molecule has 0 atom stereocenters. The molecular weight excluding hydrogens is 248 g/mol. The number of fused-ring (bicyclic) bond motifs is 1. The number of hydrogen-bond donors (Lipinski definition) is 3. The van der Waals surface area contributed by atoms with Crippen LogP contribution in [-0.2, 0) is 0 Å². The molecule has 0 radical (unpaired) electrons. The minimum absolute atomic E-state index is 0.0703. The molecule has 2 aromatic rings. The van der Waals surface area contributed by atoms with Gasteiger partial charge in [-0.05, 0) is 24.4 Å². The fourth-order valence-electron chi connectivity index (χ4n) is 1.48. The second-order valence-corrected chi connectivity index (χ2v) is 3.93. The van der Waals surface area contributed by atoms with E-state index in [-0.39, 0.29) is 10.9 Å². The first-order valence-electron chi connectivity index (χ1n) is 5.32. The molecule has 0 aliphatic rings. The third-order valence-electron chi connectivity index (χ3n) is 2.30. The lowest BCUT2D eigenvalue weighted by atomic mass is 10.2. The van der Waals surface area contributed by atoms with Crippen LogP contribution in [-0.4, -0.2) is 21.7 Å². The van der Waals surface area contributed by atoms with Crippen molar-refractivity contribution in [1.29, 1.82) is 0 Å². The summed E-state index contributed by atoms with van der Waals surface area (Å²) in [5.74, 6) is 0.361. The van der Waals surface area contributed by atoms with E-state index < -0.39 is 0 Å². The van der Waals surface area contributed by atoms with Crippen LogP contribution in [0.5, 0.6) is 5.75 Å². The van der Waals surface area contributed by atoms with Gasteiger partial charge in [-0.1, -0.05) is 18.2 Å². The smallest absolute Gasteiger partial charge is 0.214 e. The molecule has 1 aromatic heterocycles. The normalized spacial score (nSPS) is 10.9. The molecule has 2 rings (SSSR count). The van der Waals surface area contributed by atoms with Crippen LogP contribution in [0.1, 0.15) is 0 Å². The van der Waals surface area contributed by atoms with Crippen molar-refractivity contribution in [3.8, 4) is 5.75 Å². The number of thiocarbonyl (C=S) groups is 1. The quantitative estimate of drug-likeness (QED) is 0.451. The van der Waals surface area contributed by atoms with E-state index in [4.69, 9.17) is 12.2 Å². The zero-order valence-electron chi connectivity index (χ0n) is 9.55. The molecule has 0 bridgehead atoms. The molecule has 5 nitrogen and oxygen atoms in total. The Bertz CT molecular complexity index is 618. The maximum absolute atomic E-state index is 9.91. The summed E-state index contributed by atoms with van der Waals surface area (Å²) in [4.78, 5) is 2.96. The summed E-state index contributed by atoms with van der Waals surface area (Å²) < 4.78 is 0. The highest BCUT2D eigenvalue weighted by Gasteiger charge is 2.08. The van der Waals surface area contributed by atoms with E-state index in [1.165, 1.54) is 0 Å². The first kappa shape index (κ1) is 12.3. The molecule has 1 heterocycles. The Kier molecular flexibility index (Phi) is 3.69. The zero-order chi connectivity index (χ0) is 13.0. The average Bonchev–Trinajstić information content (AvgIpc) is 2.71. The van der Waals surface area contributed by atoms with Crippen LogP contribution in [0.3, 0.4) is 0 Å². The van der Waals surface area contributed by atoms with Gasteiger partial charge in [-0.2, -0.15) is 0 Å². The molecule has 3 N–H and O–H groups in total. The van der Waals surface area contributed by atoms with Crippen LogP contribution >= 0.6 is 12.2 Å². The van der Waals surface area contributed by atoms with Crippen LogP contribution in [0.25, 0.3) is 10.9 Å². The van der Waals surface area contributed by atoms with Crippen LogP contribution in [0.4, 0.5) is 5.82 Å². The van der Waals surface area contributed by atoms with Gasteiger partial charge in [-0.3, -0.25) is 0 Å². The van der Waals surface area contributed by atoms with E-state index >= 15 is 0 Å². The Labute approximate surface area is 109 Å². The number of azo groups is 1. The molecule has 0 fully saturated rings. The topological polar surface area (TPSA) is 72.8 Å². The lowest BCUT2D eigenvalue weighted by Gasteiger charge is -1.96. The Morgan fingerprint density at radius 3 is 3.00 bits per heavy atom. The standard InChI is InChI=1S/C12H12N4OS/c1-2-7-13-12(18)16-15-11-10(17)8-5-3-4-6-9(8)14-11/h2-6,14,17H,1,7H2,(H,13,18). The van der Waals surface area contributed by atoms with Gasteiger partial charge in [0.05, 0.1) is 5.52 Å². The number of benzene rings is 1. The highest BCUT2D eigenvalue weighted by Crippen LogP contribution is 2.34. The summed E-state index contributed by atoms with van der Waals surface area (Å²) in [5.41, 5.74) is 0.800. The average molecular weight is 260 g/mol. The monoisotopic (exact) mass is 260 g/mol. The number of H-pyrrole nitrogens is 1. The summed E-state index contributed by atoms with van der Waals surface area (Å²) in [5, 5.41) is 21.3. The third-order valence-corrected chi connectivity index (χ3v) is 2.52. The van der Waals surface area contributed by atoms with Gasteiger partial charge in [0.25, 0.3) is 0 Å². The molecule has 0 aliphatic heterocycles. The number of rotatable bonds is 3. The summed E-state index contributed by atoms with van der Waals surface area (Å²) in [6, 6.07) is 7.36. The molecule has 18 heavy (non-hydrogen) atoms. The summed E-state index contributed by atoms with van der Waals surface area (Å²) in [6.07, 6.45) is 1.67. The molecule has 0 saturated heterocycles. The number of para-hydroxylation sites is 1. The Morgan fingerprint density at radius 1 is 1.50 bits per heavy atom. The minimum atomic E-state index is 0.0703. The lowest BCUT2D eigenvalue weighted by Crippen LogP contribution is -2.18. The van der Waals surface area contributed by atoms with Gasteiger partial charge in [0.2, 0.25) is 5.11 Å². The number of aromatic nitrogens is 1. The molecule has 0 aliphatic carbocycles. The molecule has 0 unspecified atom stereocenters. The maximum atomic E-state index is 9.91. The first-order valence-corrected chi connectivity index (χ1v) is 5.73. The Balaban J connectivity index is 2.21. The van der Waals surface area contributed by atoms with E-state index in [9.17, 15) is 5.11 Å². The fourth-order valence-corrected chi connectivity index (χ4v) is 1.60. The van der Waals surface area contributed by atoms with Crippen LogP contribution in [0.15, 0.2) is 47.1 Å². The molecule has 6 heteroatoms. The van der Waals surface area contributed by atoms with Crippen molar-refractivity contribution in [2.75, 3.05) is 6.54 Å². The highest BCUT2D eigenvalue weighted by atomic mass is 32.1. The van der Waals surface area contributed by atoms with Gasteiger partial charge in [-0.25, -0.2) is 0 Å². The van der Waals surface area contributed by atoms with Gasteiger partial charge < -0.3 is 15.4 Å². The fraction of sp³-hybridized carbons (Fsp3) is 0.0833. The van der Waals surface area contributed by atoms with Crippen molar-refractivity contribution in [2.45, 2.75) is 0 Å². The molecule has 0 spiro atoms. The van der Waals surface area contributed by atoms with E-state index in [0.29, 0.717) is 17.7 Å². The number of hydrogen-bond acceptors (Lipinski definition) is 3. The molecule has 1 aromatic carbocycles. The van der Waals surface area contributed by atoms with Crippen LogP contribution in [0, 0.1) is 0 Å². The Hall–Kier alpha value is -2.21. The number of nitrogens with one attached hydrogen (secondary N) is 2. The second kappa shape index (κ2) is 5.42. The predicted molar refractivity (Wildman–Crippen MR) is 75.3 cm³/mol. The van der Waals surface area contributed by atoms with Crippen molar-refractivity contribution in [1.82, 2.24) is 10.3 Å². The molecule has 92 valence electrons. The van der Waals surface area contributed by atoms with E-state index in [1.54, 1.807) is 12.1 Å². The Morgan fingerprint density at radius 2 is 2.28 bits per heavy atom. The van der Waals surface area contributed by atoms with Crippen molar-refractivity contribution in [3.63, 3.8) is 0 Å². The van der Waals surface area contributed by atoms with Crippen molar-refractivity contribution in [2.24, 2.45) is 10.2 Å². The minimum Gasteiger partial charge on any atom is -0.504 e. The summed E-state index contributed by atoms with van der Waals surface area (Å²) in [7, 11) is 0. The molecule has 0 amide bonds. The summed E-state index contributed by atoms with van der Waals surface area (Å²) in [6.45, 7) is 4.08. The van der Waals surface area contributed by atoms with Gasteiger partial charge >= 0.3 is 0 Å². The van der Waals surface area contributed by atoms with Crippen LogP contribution < -0.4 is 5.32 Å². The SMILES string of the molecule is C=CCNC(=S)N=Nc1[nH]c2ccccc2c1O. The predicted octanol–water partition coefficient (Wildman–Crippen LogP) is 3.02. The van der Waals surface area contributed by atoms with E-state index in [0.717, 1.165) is 5.52 Å². The van der Waals surface area contributed by atoms with Gasteiger partial charge in [0, 0.05) is 11.9 Å². The number of nitrogens with zero attached hydrogens (tertiary/aromatic N) is 2. The van der Waals surface area contributed by atoms with E-state index in [2.05, 4.69) is 27.1 Å². The lowest BCUT2D eigenvalue weighted by molar-refractivity contribution is 0.482. The summed E-state index contributed by atoms with van der Waals surface area (Å²) >= 11 is 4.93. The van der Waals surface area contributed by atoms with Gasteiger partial charge in [0.15, 0.2) is 11.6 Å². The molecule has 0 saturated carbocycles. The van der Waals surface area contributed by atoms with Crippen molar-refractivity contribution in [3.05, 3.63) is 36.9 Å². The highest BCUT2D eigenvalue weighted by molar-refractivity contribution is 7.80. The largest absolute Gasteiger partial charge is 0.504 e.